The molecule has 0 aromatic heterocycles. The number of aromatic hydroxyl groups is 2. The lowest BCUT2D eigenvalue weighted by molar-refractivity contribution is 0.422. The maximum Gasteiger partial charge on any atom is 0.123 e. The van der Waals surface area contributed by atoms with Crippen LogP contribution < -0.4 is 0 Å². The van der Waals surface area contributed by atoms with E-state index in [2.05, 4.69) is 107 Å². The number of phenols is 2. The van der Waals surface area contributed by atoms with Gasteiger partial charge in [-0.25, -0.2) is 0 Å². The molecule has 0 bridgehead atoms. The van der Waals surface area contributed by atoms with Crippen molar-refractivity contribution in [3.05, 3.63) is 57.6 Å². The van der Waals surface area contributed by atoms with Crippen molar-refractivity contribution in [1.82, 2.24) is 0 Å². The number of hydrogen-bond donors (Lipinski definition) is 2. The third-order valence-electron chi connectivity index (χ3n) is 6.48. The summed E-state index contributed by atoms with van der Waals surface area (Å²) in [7, 11) is 0. The van der Waals surface area contributed by atoms with Crippen LogP contribution in [0.4, 0.5) is 0 Å². The Morgan fingerprint density at radius 2 is 0.694 bits per heavy atom. The fourth-order valence-corrected chi connectivity index (χ4v) is 6.38. The summed E-state index contributed by atoms with van der Waals surface area (Å²) in [5.41, 5.74) is 6.36. The van der Waals surface area contributed by atoms with Crippen LogP contribution in [0.1, 0.15) is 116 Å². The van der Waals surface area contributed by atoms with Crippen LogP contribution in [0.25, 0.3) is 0 Å². The van der Waals surface area contributed by atoms with Crippen LogP contribution in [0, 0.1) is 0 Å². The molecule has 0 aliphatic heterocycles. The Kier molecular flexibility index (Phi) is 9.66. The predicted molar refractivity (Wildman–Crippen MR) is 163 cm³/mol. The largest absolute Gasteiger partial charge is 0.507 e. The topological polar surface area (TPSA) is 40.5 Å². The number of benzene rings is 2. The molecule has 0 radical (unpaired) electrons. The lowest BCUT2D eigenvalue weighted by Crippen LogP contribution is -2.18. The molecule has 0 fully saturated rings. The molecule has 4 heteroatoms. The molecule has 0 spiro atoms. The quantitative estimate of drug-likeness (QED) is 0.350. The predicted octanol–water partition coefficient (Wildman–Crippen LogP) is 9.45. The third-order valence-corrected chi connectivity index (χ3v) is 8.80. The van der Waals surface area contributed by atoms with E-state index < -0.39 is 0 Å². The molecule has 0 saturated carbocycles. The minimum Gasteiger partial charge on any atom is -0.507 e. The van der Waals surface area contributed by atoms with Crippen LogP contribution in [0.2, 0.25) is 0 Å². The summed E-state index contributed by atoms with van der Waals surface area (Å²) >= 11 is 3.92. The number of hydrogen-bond acceptors (Lipinski definition) is 4. The van der Waals surface area contributed by atoms with Crippen molar-refractivity contribution < 1.29 is 10.2 Å². The van der Waals surface area contributed by atoms with Gasteiger partial charge < -0.3 is 10.2 Å². The van der Waals surface area contributed by atoms with E-state index in [0.717, 1.165) is 45.3 Å². The van der Waals surface area contributed by atoms with Gasteiger partial charge >= 0.3 is 0 Å². The molecule has 2 aromatic carbocycles. The lowest BCUT2D eigenvalue weighted by Gasteiger charge is -2.28. The average molecular weight is 531 g/mol. The van der Waals surface area contributed by atoms with Crippen LogP contribution in [-0.2, 0) is 33.2 Å². The molecule has 2 N–H and O–H groups in total. The molecular formula is C32H50O2S2. The van der Waals surface area contributed by atoms with Gasteiger partial charge in [0.15, 0.2) is 0 Å². The minimum absolute atomic E-state index is 0.0947. The van der Waals surface area contributed by atoms with Crippen LogP contribution in [0.3, 0.4) is 0 Å². The number of rotatable bonds is 7. The highest BCUT2D eigenvalue weighted by Gasteiger charge is 2.27. The van der Waals surface area contributed by atoms with Gasteiger partial charge in [-0.05, 0) is 55.0 Å². The molecule has 2 rings (SSSR count). The Morgan fingerprint density at radius 1 is 0.472 bits per heavy atom. The zero-order valence-corrected chi connectivity index (χ0v) is 26.5. The Balaban J connectivity index is 2.06. The zero-order chi connectivity index (χ0) is 27.7. The van der Waals surface area contributed by atoms with Crippen molar-refractivity contribution in [2.24, 2.45) is 0 Å². The van der Waals surface area contributed by atoms with Crippen molar-refractivity contribution in [2.45, 2.75) is 116 Å². The summed E-state index contributed by atoms with van der Waals surface area (Å²) in [6, 6.07) is 8.79. The van der Waals surface area contributed by atoms with E-state index in [-0.39, 0.29) is 21.7 Å². The van der Waals surface area contributed by atoms with Crippen molar-refractivity contribution in [3.63, 3.8) is 0 Å². The maximum atomic E-state index is 11.0. The summed E-state index contributed by atoms with van der Waals surface area (Å²) in [5, 5.41) is 21.9. The molecule has 0 aliphatic rings. The van der Waals surface area contributed by atoms with Crippen LogP contribution in [-0.4, -0.2) is 21.7 Å². The van der Waals surface area contributed by atoms with Crippen molar-refractivity contribution in [1.29, 1.82) is 0 Å². The van der Waals surface area contributed by atoms with E-state index in [4.69, 9.17) is 0 Å². The van der Waals surface area contributed by atoms with Gasteiger partial charge in [-0.15, -0.1) is 0 Å². The molecule has 0 unspecified atom stereocenters. The molecule has 36 heavy (non-hydrogen) atoms. The molecule has 0 heterocycles. The molecule has 0 saturated heterocycles. The molecule has 2 aromatic rings. The van der Waals surface area contributed by atoms with Crippen molar-refractivity contribution in [3.8, 4) is 11.5 Å². The molecule has 0 atom stereocenters. The first kappa shape index (κ1) is 31.0. The zero-order valence-electron chi connectivity index (χ0n) is 24.8. The second kappa shape index (κ2) is 11.2. The van der Waals surface area contributed by atoms with E-state index in [1.54, 1.807) is 0 Å². The van der Waals surface area contributed by atoms with Crippen molar-refractivity contribution >= 4 is 23.5 Å². The summed E-state index contributed by atoms with van der Waals surface area (Å²) in [6.07, 6.45) is 0. The third kappa shape index (κ3) is 8.12. The maximum absolute atomic E-state index is 11.0. The van der Waals surface area contributed by atoms with Gasteiger partial charge in [0.25, 0.3) is 0 Å². The van der Waals surface area contributed by atoms with Gasteiger partial charge in [0.2, 0.25) is 0 Å². The average Bonchev–Trinajstić information content (AvgIpc) is 2.68. The second-order valence-electron chi connectivity index (χ2n) is 14.2. The van der Waals surface area contributed by atoms with Gasteiger partial charge in [-0.1, -0.05) is 107 Å². The lowest BCUT2D eigenvalue weighted by atomic mass is 9.78. The first-order chi connectivity index (χ1) is 16.2. The highest BCUT2D eigenvalue weighted by Crippen LogP contribution is 2.42. The molecule has 0 amide bonds. The van der Waals surface area contributed by atoms with Crippen LogP contribution in [0.5, 0.6) is 11.5 Å². The monoisotopic (exact) mass is 530 g/mol. The second-order valence-corrected chi connectivity index (χ2v) is 16.4. The Morgan fingerprint density at radius 3 is 0.889 bits per heavy atom. The SMILES string of the molecule is CC(C)(C)c1cc(CSCCSCc2cc(C(C)(C)C)c(O)c(C(C)(C)C)c2)cc(C(C)(C)C)c1O. The highest BCUT2D eigenvalue weighted by atomic mass is 32.2. The first-order valence-corrected chi connectivity index (χ1v) is 15.4. The van der Waals surface area contributed by atoms with Crippen LogP contribution >= 0.6 is 23.5 Å². The van der Waals surface area contributed by atoms with E-state index in [0.29, 0.717) is 11.5 Å². The molecular weight excluding hydrogens is 480 g/mol. The van der Waals surface area contributed by atoms with E-state index in [1.807, 2.05) is 23.5 Å². The van der Waals surface area contributed by atoms with Crippen LogP contribution in [0.15, 0.2) is 24.3 Å². The van der Waals surface area contributed by atoms with E-state index in [9.17, 15) is 10.2 Å². The van der Waals surface area contributed by atoms with Gasteiger partial charge in [-0.3, -0.25) is 0 Å². The van der Waals surface area contributed by atoms with Crippen molar-refractivity contribution in [2.75, 3.05) is 11.5 Å². The Hall–Kier alpha value is -1.26. The summed E-state index contributed by atoms with van der Waals surface area (Å²) in [5.74, 6) is 4.98. The van der Waals surface area contributed by atoms with E-state index in [1.165, 1.54) is 11.1 Å². The highest BCUT2D eigenvalue weighted by molar-refractivity contribution is 8.02. The summed E-state index contributed by atoms with van der Waals surface area (Å²) < 4.78 is 0. The smallest absolute Gasteiger partial charge is 0.123 e. The number of phenolic OH excluding ortho intramolecular Hbond substituents is 2. The fourth-order valence-electron chi connectivity index (χ4n) is 4.34. The molecule has 2 nitrogen and oxygen atoms in total. The fraction of sp³-hybridized carbons (Fsp3) is 0.625. The Labute approximate surface area is 230 Å². The molecule has 202 valence electrons. The van der Waals surface area contributed by atoms with Gasteiger partial charge in [0.1, 0.15) is 11.5 Å². The Bertz CT molecular complexity index is 886. The van der Waals surface area contributed by atoms with Gasteiger partial charge in [-0.2, -0.15) is 23.5 Å². The summed E-state index contributed by atoms with van der Waals surface area (Å²) in [6.45, 7) is 26.0. The van der Waals surface area contributed by atoms with Gasteiger partial charge in [0.05, 0.1) is 0 Å². The van der Waals surface area contributed by atoms with Gasteiger partial charge in [0, 0.05) is 23.0 Å². The number of thioether (sulfide) groups is 2. The standard InChI is InChI=1S/C32H50O2S2/c1-29(2,3)23-15-21(16-24(27(23)33)30(4,5)6)19-35-13-14-36-20-22-17-25(31(7,8)9)28(34)26(18-22)32(10,11)12/h15-18,33-34H,13-14,19-20H2,1-12H3. The van der Waals surface area contributed by atoms with E-state index >= 15 is 0 Å². The minimum atomic E-state index is -0.0947. The normalized spacial score (nSPS) is 13.3. The first-order valence-electron chi connectivity index (χ1n) is 13.1. The summed E-state index contributed by atoms with van der Waals surface area (Å²) in [4.78, 5) is 0. The molecule has 0 aliphatic carbocycles.